The largest absolute Gasteiger partial charge is 0.450 e. The zero-order valence-electron chi connectivity index (χ0n) is 14.8. The zero-order chi connectivity index (χ0) is 18.8. The summed E-state index contributed by atoms with van der Waals surface area (Å²) in [6.45, 7) is 4.45. The van der Waals surface area contributed by atoms with Crippen LogP contribution >= 0.6 is 9.03 Å². The van der Waals surface area contributed by atoms with Gasteiger partial charge >= 0.3 is 12.2 Å². The number of likely N-dealkylation sites (N-methyl/N-ethyl adjacent to an activating group) is 1. The summed E-state index contributed by atoms with van der Waals surface area (Å²) >= 11 is 0. The van der Waals surface area contributed by atoms with Gasteiger partial charge in [0, 0.05) is 13.6 Å². The summed E-state index contributed by atoms with van der Waals surface area (Å²) in [4.78, 5) is 34.0. The third kappa shape index (κ3) is 13.5. The first kappa shape index (κ1) is 21.1. The molecule has 0 saturated heterocycles. The Morgan fingerprint density at radius 1 is 1.17 bits per heavy atom. The lowest BCUT2D eigenvalue weighted by Crippen LogP contribution is -2.45. The highest BCUT2D eigenvalue weighted by molar-refractivity contribution is 7.02. The van der Waals surface area contributed by atoms with E-state index in [2.05, 4.69) is 30.1 Å². The highest BCUT2D eigenvalue weighted by atomic mass is 31.0. The molecule has 0 aromatic heterocycles. The lowest BCUT2D eigenvalue weighted by molar-refractivity contribution is -0.122. The second-order valence-corrected chi connectivity index (χ2v) is 4.17. The van der Waals surface area contributed by atoms with Crippen molar-refractivity contribution in [2.24, 2.45) is 0 Å². The zero-order valence-corrected chi connectivity index (χ0v) is 14.8. The van der Waals surface area contributed by atoms with Gasteiger partial charge in [0.05, 0.1) is 13.2 Å². The number of hydrogen-bond acceptors (Lipinski definition) is 6. The third-order valence-electron chi connectivity index (χ3n) is 2.59. The molecule has 10 heteroatoms. The Morgan fingerprint density at radius 3 is 2.26 bits per heavy atom. The Kier molecular flexibility index (Phi) is 15.1. The van der Waals surface area contributed by atoms with Crippen LogP contribution in [0.4, 0.5) is 9.59 Å². The second kappa shape index (κ2) is 16.5. The SMILES string of the molecule is CCOC(=O)NCCCCC(NC(=O)OCC)C(=O)NC.[2H]N=P. The Morgan fingerprint density at radius 2 is 1.74 bits per heavy atom. The van der Waals surface area contributed by atoms with Crippen molar-refractivity contribution in [3.05, 3.63) is 0 Å². The van der Waals surface area contributed by atoms with Crippen LogP contribution in [0.15, 0.2) is 0 Å². The Bertz CT molecular complexity index is 387. The fourth-order valence-electron chi connectivity index (χ4n) is 1.60. The summed E-state index contributed by atoms with van der Waals surface area (Å²) < 4.78 is 15.2. The van der Waals surface area contributed by atoms with Crippen molar-refractivity contribution in [1.82, 2.24) is 16.0 Å². The van der Waals surface area contributed by atoms with E-state index in [1.54, 1.807) is 13.8 Å². The molecule has 0 saturated carbocycles. The number of rotatable bonds is 9. The molecular weight excluding hydrogens is 323 g/mol. The number of amides is 3. The second-order valence-electron chi connectivity index (χ2n) is 4.17. The summed E-state index contributed by atoms with van der Waals surface area (Å²) in [5.74, 6) is -0.276. The van der Waals surface area contributed by atoms with Crippen molar-refractivity contribution in [3.63, 3.8) is 0 Å². The fraction of sp³-hybridized carbons (Fsp3) is 0.769. The van der Waals surface area contributed by atoms with Gasteiger partial charge in [0.1, 0.15) is 6.04 Å². The van der Waals surface area contributed by atoms with Crippen LogP contribution in [0.25, 0.3) is 0 Å². The van der Waals surface area contributed by atoms with E-state index in [4.69, 9.17) is 10.9 Å². The molecule has 0 radical (unpaired) electrons. The van der Waals surface area contributed by atoms with E-state index in [0.29, 0.717) is 32.4 Å². The molecule has 9 nitrogen and oxygen atoms in total. The van der Waals surface area contributed by atoms with Crippen LogP contribution < -0.4 is 16.0 Å². The molecule has 1 atom stereocenters. The van der Waals surface area contributed by atoms with E-state index in [1.165, 1.54) is 7.05 Å². The first-order valence-corrected chi connectivity index (χ1v) is 7.77. The molecule has 0 rings (SSSR count). The minimum Gasteiger partial charge on any atom is -0.450 e. The predicted molar refractivity (Wildman–Crippen MR) is 87.9 cm³/mol. The molecule has 3 amide bonds. The van der Waals surface area contributed by atoms with Crippen LogP contribution in [0.5, 0.6) is 0 Å². The van der Waals surface area contributed by atoms with Crippen LogP contribution in [0.1, 0.15) is 33.1 Å². The van der Waals surface area contributed by atoms with Crippen molar-refractivity contribution < 1.29 is 25.3 Å². The molecule has 0 aromatic carbocycles. The summed E-state index contributed by atoms with van der Waals surface area (Å²) in [6.07, 6.45) is 0.734. The van der Waals surface area contributed by atoms with Crippen LogP contribution in [-0.4, -0.2) is 50.9 Å². The maximum atomic E-state index is 11.6. The van der Waals surface area contributed by atoms with Crippen LogP contribution in [0, 0.1) is 5.15 Å². The van der Waals surface area contributed by atoms with Crippen LogP contribution in [-0.2, 0) is 14.3 Å². The molecular formula is C13H27N4O5P. The van der Waals surface area contributed by atoms with Gasteiger partial charge in [0.25, 0.3) is 0 Å². The van der Waals surface area contributed by atoms with Gasteiger partial charge in [0.15, 0.2) is 1.41 Å². The van der Waals surface area contributed by atoms with Crippen molar-refractivity contribution >= 4 is 27.1 Å². The highest BCUT2D eigenvalue weighted by Gasteiger charge is 2.19. The molecule has 23 heavy (non-hydrogen) atoms. The molecule has 0 fully saturated rings. The van der Waals surface area contributed by atoms with E-state index in [0.717, 1.165) is 0 Å². The minimum absolute atomic E-state index is 0.246. The van der Waals surface area contributed by atoms with Crippen molar-refractivity contribution in [3.8, 4) is 0 Å². The molecule has 4 N–H and O–H groups in total. The number of hydrogen-bond donors (Lipinski definition) is 4. The van der Waals surface area contributed by atoms with Crippen molar-refractivity contribution in [2.75, 3.05) is 26.8 Å². The highest BCUT2D eigenvalue weighted by Crippen LogP contribution is 2.02. The Hall–Kier alpha value is -1.89. The van der Waals surface area contributed by atoms with E-state index in [9.17, 15) is 14.4 Å². The summed E-state index contributed by atoms with van der Waals surface area (Å²) in [6, 6.07) is -0.642. The molecule has 134 valence electrons. The van der Waals surface area contributed by atoms with E-state index < -0.39 is 18.2 Å². The third-order valence-corrected chi connectivity index (χ3v) is 2.59. The van der Waals surface area contributed by atoms with Crippen LogP contribution in [0.3, 0.4) is 0 Å². The smallest absolute Gasteiger partial charge is 0.407 e. The number of carbonyl (C=O) groups is 3. The maximum absolute atomic E-state index is 11.6. The van der Waals surface area contributed by atoms with Crippen molar-refractivity contribution in [1.29, 1.82) is 5.15 Å². The lowest BCUT2D eigenvalue weighted by Gasteiger charge is -2.16. The Balaban J connectivity index is 0. The van der Waals surface area contributed by atoms with Crippen molar-refractivity contribution in [2.45, 2.75) is 39.2 Å². The number of nitrogens with one attached hydrogen (secondary N) is 4. The van der Waals surface area contributed by atoms with Gasteiger partial charge < -0.3 is 25.4 Å². The molecule has 0 heterocycles. The summed E-state index contributed by atoms with van der Waals surface area (Å²) in [5.41, 5.74) is 0. The van der Waals surface area contributed by atoms with E-state index >= 15 is 0 Å². The van der Waals surface area contributed by atoms with Gasteiger partial charge in [-0.25, -0.2) is 9.59 Å². The quantitative estimate of drug-likeness (QED) is 0.371. The molecule has 0 bridgehead atoms. The minimum atomic E-state index is -0.642. The fourth-order valence-corrected chi connectivity index (χ4v) is 1.60. The standard InChI is InChI=1S/C13H25N3O5.H2NP/c1-4-20-12(18)15-9-7-6-8-10(11(17)14-3)16-13(19)21-5-2;1-2/h10H,4-9H2,1-3H3,(H,14,17)(H,15,18)(H,16,19);1-2H/i/hD. The van der Waals surface area contributed by atoms with Gasteiger partial charge in [-0.05, 0) is 42.1 Å². The average molecular weight is 351 g/mol. The van der Waals surface area contributed by atoms with Gasteiger partial charge in [0.2, 0.25) is 5.91 Å². The average Bonchev–Trinajstić information content (AvgIpc) is 2.54. The Labute approximate surface area is 140 Å². The first-order chi connectivity index (χ1) is 11.5. The maximum Gasteiger partial charge on any atom is 0.407 e. The summed E-state index contributed by atoms with van der Waals surface area (Å²) in [7, 11) is 3.98. The van der Waals surface area contributed by atoms with E-state index in [1.807, 2.05) is 0 Å². The number of ether oxygens (including phenoxy) is 2. The predicted octanol–water partition coefficient (Wildman–Crippen LogP) is 1.66. The molecule has 0 aliphatic rings. The number of unbranched alkanes of at least 4 members (excludes halogenated alkanes) is 1. The lowest BCUT2D eigenvalue weighted by atomic mass is 10.1. The number of alkyl carbamates (subject to hydrolysis) is 2. The molecule has 0 aliphatic carbocycles. The molecule has 1 unspecified atom stereocenters. The molecule has 0 aromatic rings. The van der Waals surface area contributed by atoms with Gasteiger partial charge in [-0.2, -0.15) is 0 Å². The normalized spacial score (nSPS) is 10.8. The first-order valence-electron chi connectivity index (χ1n) is 7.77. The topological polar surface area (TPSA) is 130 Å². The van der Waals surface area contributed by atoms with Gasteiger partial charge in [-0.1, -0.05) is 0 Å². The monoisotopic (exact) mass is 351 g/mol. The van der Waals surface area contributed by atoms with Gasteiger partial charge in [-0.15, -0.1) is 0 Å². The van der Waals surface area contributed by atoms with Gasteiger partial charge in [-0.3, -0.25) is 9.95 Å². The summed E-state index contributed by atoms with van der Waals surface area (Å²) in [5, 5.41) is 10.1. The van der Waals surface area contributed by atoms with E-state index in [-0.39, 0.29) is 12.5 Å². The molecule has 0 spiro atoms. The molecule has 0 aliphatic heterocycles. The van der Waals surface area contributed by atoms with Crippen LogP contribution in [0.2, 0.25) is 1.41 Å². The number of carbonyl (C=O) groups excluding carboxylic acids is 3.